The van der Waals surface area contributed by atoms with Gasteiger partial charge in [0.2, 0.25) is 5.88 Å². The summed E-state index contributed by atoms with van der Waals surface area (Å²) in [4.78, 5) is 18.3. The molecule has 1 aliphatic rings. The Balaban J connectivity index is 1.59. The molecule has 0 aliphatic carbocycles. The van der Waals surface area contributed by atoms with Gasteiger partial charge in [-0.25, -0.2) is 9.78 Å². The lowest BCUT2D eigenvalue weighted by Gasteiger charge is -2.18. The highest BCUT2D eigenvalue weighted by molar-refractivity contribution is 5.90. The summed E-state index contributed by atoms with van der Waals surface area (Å²) in [5.74, 6) is 1.81. The highest BCUT2D eigenvalue weighted by Crippen LogP contribution is 2.26. The van der Waals surface area contributed by atoms with Crippen molar-refractivity contribution in [1.82, 2.24) is 9.88 Å². The number of carbonyl (C=O) groups excluding carboxylic acids is 1. The first-order chi connectivity index (χ1) is 12.2. The number of nitrogens with one attached hydrogen (secondary N) is 1. The van der Waals surface area contributed by atoms with Gasteiger partial charge in [0, 0.05) is 49.1 Å². The van der Waals surface area contributed by atoms with Gasteiger partial charge < -0.3 is 24.4 Å². The van der Waals surface area contributed by atoms with E-state index in [1.807, 2.05) is 18.2 Å². The maximum Gasteiger partial charge on any atom is 0.321 e. The molecule has 1 atom stereocenters. The predicted molar refractivity (Wildman–Crippen MR) is 93.4 cm³/mol. The lowest BCUT2D eigenvalue weighted by atomic mass is 10.3. The molecule has 0 spiro atoms. The number of likely N-dealkylation sites (tertiary alicyclic amines) is 1. The topological polar surface area (TPSA) is 72.9 Å². The summed E-state index contributed by atoms with van der Waals surface area (Å²) in [6, 6.07) is 10.6. The second kappa shape index (κ2) is 7.74. The largest absolute Gasteiger partial charge is 0.497 e. The molecule has 132 valence electrons. The fraction of sp³-hybridized carbons (Fsp3) is 0.333. The van der Waals surface area contributed by atoms with Crippen molar-refractivity contribution in [2.24, 2.45) is 0 Å². The van der Waals surface area contributed by atoms with Gasteiger partial charge in [0.05, 0.1) is 20.8 Å². The van der Waals surface area contributed by atoms with E-state index in [0.717, 1.165) is 6.42 Å². The first-order valence-electron chi connectivity index (χ1n) is 8.04. The van der Waals surface area contributed by atoms with Gasteiger partial charge in [-0.3, -0.25) is 0 Å². The van der Waals surface area contributed by atoms with Crippen LogP contribution in [0.3, 0.4) is 0 Å². The third kappa shape index (κ3) is 4.32. The minimum absolute atomic E-state index is 0.0551. The summed E-state index contributed by atoms with van der Waals surface area (Å²) in [5, 5.41) is 2.87. The van der Waals surface area contributed by atoms with Crippen LogP contribution in [0.4, 0.5) is 10.5 Å². The first kappa shape index (κ1) is 16.9. The third-order valence-electron chi connectivity index (χ3n) is 3.96. The fourth-order valence-corrected chi connectivity index (χ4v) is 2.68. The van der Waals surface area contributed by atoms with E-state index in [4.69, 9.17) is 14.2 Å². The predicted octanol–water partition coefficient (Wildman–Crippen LogP) is 2.78. The van der Waals surface area contributed by atoms with Gasteiger partial charge in [-0.15, -0.1) is 0 Å². The molecule has 2 aromatic rings. The molecule has 0 saturated carbocycles. The van der Waals surface area contributed by atoms with Crippen LogP contribution in [0.15, 0.2) is 42.6 Å². The number of benzene rings is 1. The number of hydrogen-bond donors (Lipinski definition) is 1. The molecule has 3 rings (SSSR count). The van der Waals surface area contributed by atoms with Crippen LogP contribution in [0, 0.1) is 0 Å². The zero-order valence-electron chi connectivity index (χ0n) is 14.3. The number of aromatic nitrogens is 1. The fourth-order valence-electron chi connectivity index (χ4n) is 2.68. The van der Waals surface area contributed by atoms with Crippen molar-refractivity contribution in [3.05, 3.63) is 42.6 Å². The number of rotatable bonds is 5. The number of pyridine rings is 1. The summed E-state index contributed by atoms with van der Waals surface area (Å²) < 4.78 is 16.2. The zero-order chi connectivity index (χ0) is 17.6. The zero-order valence-corrected chi connectivity index (χ0v) is 14.3. The smallest absolute Gasteiger partial charge is 0.321 e. The van der Waals surface area contributed by atoms with Gasteiger partial charge in [0.25, 0.3) is 0 Å². The van der Waals surface area contributed by atoms with E-state index in [1.54, 1.807) is 43.5 Å². The van der Waals surface area contributed by atoms with Crippen molar-refractivity contribution in [3.8, 4) is 17.4 Å². The lowest BCUT2D eigenvalue weighted by molar-refractivity contribution is 0.190. The number of amides is 2. The number of methoxy groups -OCH3 is 2. The molecule has 1 aromatic heterocycles. The number of carbonyl (C=O) groups is 1. The molecule has 2 heterocycles. The van der Waals surface area contributed by atoms with Crippen molar-refractivity contribution < 1.29 is 19.0 Å². The van der Waals surface area contributed by atoms with E-state index in [1.165, 1.54) is 0 Å². The van der Waals surface area contributed by atoms with E-state index in [2.05, 4.69) is 10.3 Å². The maximum atomic E-state index is 12.5. The quantitative estimate of drug-likeness (QED) is 0.904. The molecule has 1 aromatic carbocycles. The van der Waals surface area contributed by atoms with Gasteiger partial charge in [-0.1, -0.05) is 6.07 Å². The average Bonchev–Trinajstić information content (AvgIpc) is 3.10. The maximum absolute atomic E-state index is 12.5. The molecule has 0 radical (unpaired) electrons. The molecule has 0 bridgehead atoms. The molecular weight excluding hydrogens is 322 g/mol. The monoisotopic (exact) mass is 343 g/mol. The van der Waals surface area contributed by atoms with Gasteiger partial charge in [-0.05, 0) is 6.07 Å². The Morgan fingerprint density at radius 3 is 2.60 bits per heavy atom. The van der Waals surface area contributed by atoms with Gasteiger partial charge in [-0.2, -0.15) is 0 Å². The standard InChI is InChI=1S/C18H21N3O4/c1-23-15-9-13(10-16(11-15)24-2)20-18(22)21-8-6-14(12-21)25-17-5-3-4-7-19-17/h3-5,7,9-11,14H,6,8,12H2,1-2H3,(H,20,22). The number of urea groups is 1. The lowest BCUT2D eigenvalue weighted by Crippen LogP contribution is -2.34. The molecule has 7 heteroatoms. The van der Waals surface area contributed by atoms with Crippen LogP contribution in [-0.2, 0) is 0 Å². The summed E-state index contributed by atoms with van der Waals surface area (Å²) in [7, 11) is 3.14. The van der Waals surface area contributed by atoms with E-state index in [-0.39, 0.29) is 12.1 Å². The molecule has 1 unspecified atom stereocenters. The van der Waals surface area contributed by atoms with E-state index in [0.29, 0.717) is 36.2 Å². The van der Waals surface area contributed by atoms with Crippen LogP contribution < -0.4 is 19.5 Å². The molecule has 25 heavy (non-hydrogen) atoms. The third-order valence-corrected chi connectivity index (χ3v) is 3.96. The van der Waals surface area contributed by atoms with Crippen LogP contribution in [-0.4, -0.2) is 49.3 Å². The van der Waals surface area contributed by atoms with Crippen LogP contribution in [0.2, 0.25) is 0 Å². The molecule has 7 nitrogen and oxygen atoms in total. The first-order valence-corrected chi connectivity index (χ1v) is 8.04. The van der Waals surface area contributed by atoms with Crippen LogP contribution in [0.1, 0.15) is 6.42 Å². The minimum Gasteiger partial charge on any atom is -0.497 e. The van der Waals surface area contributed by atoms with Gasteiger partial charge in [0.15, 0.2) is 0 Å². The Morgan fingerprint density at radius 2 is 1.96 bits per heavy atom. The molecule has 1 N–H and O–H groups in total. The summed E-state index contributed by atoms with van der Waals surface area (Å²) >= 11 is 0. The molecule has 1 saturated heterocycles. The Labute approximate surface area is 146 Å². The highest BCUT2D eigenvalue weighted by Gasteiger charge is 2.28. The molecule has 2 amide bonds. The Kier molecular flexibility index (Phi) is 5.23. The van der Waals surface area contributed by atoms with Crippen molar-refractivity contribution in [1.29, 1.82) is 0 Å². The van der Waals surface area contributed by atoms with E-state index < -0.39 is 0 Å². The highest BCUT2D eigenvalue weighted by atomic mass is 16.5. The van der Waals surface area contributed by atoms with Gasteiger partial charge in [0.1, 0.15) is 17.6 Å². The van der Waals surface area contributed by atoms with E-state index >= 15 is 0 Å². The number of hydrogen-bond acceptors (Lipinski definition) is 5. The Morgan fingerprint density at radius 1 is 1.20 bits per heavy atom. The second-order valence-electron chi connectivity index (χ2n) is 5.67. The molecule has 1 aliphatic heterocycles. The average molecular weight is 343 g/mol. The summed E-state index contributed by atoms with van der Waals surface area (Å²) in [6.07, 6.45) is 2.40. The van der Waals surface area contributed by atoms with Crippen molar-refractivity contribution in [3.63, 3.8) is 0 Å². The van der Waals surface area contributed by atoms with Crippen molar-refractivity contribution in [2.45, 2.75) is 12.5 Å². The number of ether oxygens (including phenoxy) is 3. The van der Waals surface area contributed by atoms with Crippen molar-refractivity contribution in [2.75, 3.05) is 32.6 Å². The second-order valence-corrected chi connectivity index (χ2v) is 5.67. The molecule has 1 fully saturated rings. The van der Waals surface area contributed by atoms with Crippen molar-refractivity contribution >= 4 is 11.7 Å². The Hall–Kier alpha value is -2.96. The SMILES string of the molecule is COc1cc(NC(=O)N2CCC(Oc3ccccn3)C2)cc(OC)c1. The summed E-state index contributed by atoms with van der Waals surface area (Å²) in [5.41, 5.74) is 0.621. The Bertz CT molecular complexity index is 701. The van der Waals surface area contributed by atoms with E-state index in [9.17, 15) is 4.79 Å². The van der Waals surface area contributed by atoms with Crippen LogP contribution in [0.25, 0.3) is 0 Å². The van der Waals surface area contributed by atoms with Crippen LogP contribution >= 0.6 is 0 Å². The minimum atomic E-state index is -0.178. The van der Waals surface area contributed by atoms with Crippen LogP contribution in [0.5, 0.6) is 17.4 Å². The van der Waals surface area contributed by atoms with Gasteiger partial charge >= 0.3 is 6.03 Å². The normalized spacial score (nSPS) is 16.4. The summed E-state index contributed by atoms with van der Waals surface area (Å²) in [6.45, 7) is 1.15. The number of nitrogens with zero attached hydrogens (tertiary/aromatic N) is 2. The number of anilines is 1. The molecular formula is C18H21N3O4.